The van der Waals surface area contributed by atoms with E-state index in [1.165, 1.54) is 17.7 Å². The van der Waals surface area contributed by atoms with Gasteiger partial charge in [-0.05, 0) is 48.2 Å². The van der Waals surface area contributed by atoms with Crippen LogP contribution in [0, 0.1) is 5.82 Å². The van der Waals surface area contributed by atoms with Crippen molar-refractivity contribution in [3.63, 3.8) is 0 Å². The first-order valence-corrected chi connectivity index (χ1v) is 6.84. The number of benzene rings is 2. The fraction of sp³-hybridized carbons (Fsp3) is 0.294. The highest BCUT2D eigenvalue weighted by Gasteiger charge is 2.09. The summed E-state index contributed by atoms with van der Waals surface area (Å²) in [6.07, 6.45) is 1.99. The minimum Gasteiger partial charge on any atom is -0.378 e. The summed E-state index contributed by atoms with van der Waals surface area (Å²) in [6, 6.07) is 15.4. The van der Waals surface area contributed by atoms with E-state index in [9.17, 15) is 4.39 Å². The summed E-state index contributed by atoms with van der Waals surface area (Å²) >= 11 is 0. The highest BCUT2D eigenvalue weighted by atomic mass is 19.1. The number of nitrogens with one attached hydrogen (secondary N) is 1. The molecule has 0 amide bonds. The molecule has 100 valence electrons. The maximum absolute atomic E-state index is 13.0. The molecule has 0 fully saturated rings. The Kier molecular flexibility index (Phi) is 4.56. The first-order chi connectivity index (χ1) is 9.22. The fourth-order valence-electron chi connectivity index (χ4n) is 2.20. The Morgan fingerprint density at radius 2 is 1.79 bits per heavy atom. The molecule has 0 saturated heterocycles. The molecule has 0 aliphatic rings. The SMILES string of the molecule is CCc1cccc(NC(CC)c2ccc(F)cc2)c1. The van der Waals surface area contributed by atoms with Gasteiger partial charge in [0.05, 0.1) is 6.04 Å². The highest BCUT2D eigenvalue weighted by molar-refractivity contribution is 5.47. The lowest BCUT2D eigenvalue weighted by molar-refractivity contribution is 0.625. The van der Waals surface area contributed by atoms with Crippen LogP contribution in [0.1, 0.15) is 37.4 Å². The van der Waals surface area contributed by atoms with E-state index in [4.69, 9.17) is 0 Å². The summed E-state index contributed by atoms with van der Waals surface area (Å²) in [4.78, 5) is 0. The summed E-state index contributed by atoms with van der Waals surface area (Å²) < 4.78 is 13.0. The van der Waals surface area contributed by atoms with Gasteiger partial charge in [-0.1, -0.05) is 38.1 Å². The third-order valence-corrected chi connectivity index (χ3v) is 3.36. The third-order valence-electron chi connectivity index (χ3n) is 3.36. The largest absolute Gasteiger partial charge is 0.378 e. The Morgan fingerprint density at radius 1 is 1.05 bits per heavy atom. The van der Waals surface area contributed by atoms with Crippen LogP contribution in [0.2, 0.25) is 0 Å². The predicted octanol–water partition coefficient (Wildman–Crippen LogP) is 4.95. The molecule has 0 aromatic heterocycles. The normalized spacial score (nSPS) is 12.2. The average Bonchev–Trinajstić information content (AvgIpc) is 2.46. The number of aryl methyl sites for hydroxylation is 1. The van der Waals surface area contributed by atoms with Gasteiger partial charge in [0.25, 0.3) is 0 Å². The minimum atomic E-state index is -0.188. The molecule has 2 aromatic carbocycles. The summed E-state index contributed by atoms with van der Waals surface area (Å²) in [6.45, 7) is 4.28. The van der Waals surface area contributed by atoms with Gasteiger partial charge >= 0.3 is 0 Å². The zero-order valence-electron chi connectivity index (χ0n) is 11.5. The standard InChI is InChI=1S/C17H20FN/c1-3-13-6-5-7-16(12-13)19-17(4-2)14-8-10-15(18)11-9-14/h5-12,17,19H,3-4H2,1-2H3. The van der Waals surface area contributed by atoms with E-state index in [-0.39, 0.29) is 11.9 Å². The quantitative estimate of drug-likeness (QED) is 0.799. The third kappa shape index (κ3) is 3.57. The van der Waals surface area contributed by atoms with Crippen molar-refractivity contribution in [3.8, 4) is 0 Å². The van der Waals surface area contributed by atoms with Crippen molar-refractivity contribution in [1.82, 2.24) is 0 Å². The van der Waals surface area contributed by atoms with Crippen LogP contribution < -0.4 is 5.32 Å². The molecule has 2 heteroatoms. The van der Waals surface area contributed by atoms with Crippen LogP contribution in [-0.4, -0.2) is 0 Å². The number of hydrogen-bond acceptors (Lipinski definition) is 1. The lowest BCUT2D eigenvalue weighted by Crippen LogP contribution is -2.09. The van der Waals surface area contributed by atoms with Gasteiger partial charge in [-0.15, -0.1) is 0 Å². The van der Waals surface area contributed by atoms with Gasteiger partial charge in [-0.25, -0.2) is 4.39 Å². The van der Waals surface area contributed by atoms with Gasteiger partial charge in [-0.3, -0.25) is 0 Å². The number of halogens is 1. The highest BCUT2D eigenvalue weighted by Crippen LogP contribution is 2.23. The van der Waals surface area contributed by atoms with Gasteiger partial charge < -0.3 is 5.32 Å². The van der Waals surface area contributed by atoms with E-state index < -0.39 is 0 Å². The molecule has 0 aliphatic heterocycles. The Labute approximate surface area is 114 Å². The molecule has 0 bridgehead atoms. The van der Waals surface area contributed by atoms with Gasteiger partial charge in [-0.2, -0.15) is 0 Å². The molecule has 0 saturated carbocycles. The summed E-state index contributed by atoms with van der Waals surface area (Å²) in [7, 11) is 0. The smallest absolute Gasteiger partial charge is 0.123 e. The topological polar surface area (TPSA) is 12.0 Å². The average molecular weight is 257 g/mol. The fourth-order valence-corrected chi connectivity index (χ4v) is 2.20. The van der Waals surface area contributed by atoms with Crippen molar-refractivity contribution >= 4 is 5.69 Å². The second-order valence-electron chi connectivity index (χ2n) is 4.71. The van der Waals surface area contributed by atoms with E-state index in [2.05, 4.69) is 43.4 Å². The van der Waals surface area contributed by atoms with Crippen LogP contribution in [0.5, 0.6) is 0 Å². The molecule has 0 radical (unpaired) electrons. The summed E-state index contributed by atoms with van der Waals surface area (Å²) in [5.41, 5.74) is 3.56. The molecule has 0 spiro atoms. The van der Waals surface area contributed by atoms with Crippen LogP contribution in [0.3, 0.4) is 0 Å². The maximum Gasteiger partial charge on any atom is 0.123 e. The zero-order valence-corrected chi connectivity index (χ0v) is 11.5. The Bertz CT molecular complexity index is 519. The summed E-state index contributed by atoms with van der Waals surface area (Å²) in [5, 5.41) is 3.52. The predicted molar refractivity (Wildman–Crippen MR) is 78.9 cm³/mol. The first-order valence-electron chi connectivity index (χ1n) is 6.84. The Hall–Kier alpha value is -1.83. The van der Waals surface area contributed by atoms with Crippen molar-refractivity contribution in [3.05, 3.63) is 65.5 Å². The van der Waals surface area contributed by atoms with Crippen molar-refractivity contribution in [2.45, 2.75) is 32.7 Å². The second kappa shape index (κ2) is 6.37. The maximum atomic E-state index is 13.0. The van der Waals surface area contributed by atoms with Crippen molar-refractivity contribution < 1.29 is 4.39 Å². The van der Waals surface area contributed by atoms with E-state index in [0.29, 0.717) is 0 Å². The lowest BCUT2D eigenvalue weighted by Gasteiger charge is -2.19. The molecular weight excluding hydrogens is 237 g/mol. The van der Waals surface area contributed by atoms with Gasteiger partial charge in [0.15, 0.2) is 0 Å². The van der Waals surface area contributed by atoms with E-state index >= 15 is 0 Å². The molecule has 2 aromatic rings. The molecular formula is C17H20FN. The Balaban J connectivity index is 2.16. The van der Waals surface area contributed by atoms with Gasteiger partial charge in [0.2, 0.25) is 0 Å². The Morgan fingerprint density at radius 3 is 2.42 bits per heavy atom. The molecule has 1 N–H and O–H groups in total. The van der Waals surface area contributed by atoms with E-state index in [0.717, 1.165) is 24.1 Å². The molecule has 2 rings (SSSR count). The minimum absolute atomic E-state index is 0.188. The van der Waals surface area contributed by atoms with Crippen molar-refractivity contribution in [1.29, 1.82) is 0 Å². The molecule has 19 heavy (non-hydrogen) atoms. The van der Waals surface area contributed by atoms with Gasteiger partial charge in [0.1, 0.15) is 5.82 Å². The molecule has 0 aliphatic carbocycles. The molecule has 0 heterocycles. The second-order valence-corrected chi connectivity index (χ2v) is 4.71. The first kappa shape index (κ1) is 13.6. The van der Waals surface area contributed by atoms with Crippen LogP contribution >= 0.6 is 0 Å². The zero-order chi connectivity index (χ0) is 13.7. The van der Waals surface area contributed by atoms with Crippen LogP contribution in [0.4, 0.5) is 10.1 Å². The number of hydrogen-bond donors (Lipinski definition) is 1. The van der Waals surface area contributed by atoms with E-state index in [1.807, 2.05) is 12.1 Å². The van der Waals surface area contributed by atoms with E-state index in [1.54, 1.807) is 0 Å². The lowest BCUT2D eigenvalue weighted by atomic mass is 10.0. The van der Waals surface area contributed by atoms with Crippen molar-refractivity contribution in [2.24, 2.45) is 0 Å². The number of rotatable bonds is 5. The van der Waals surface area contributed by atoms with Gasteiger partial charge in [0, 0.05) is 5.69 Å². The number of anilines is 1. The van der Waals surface area contributed by atoms with Crippen LogP contribution in [-0.2, 0) is 6.42 Å². The summed E-state index contributed by atoms with van der Waals surface area (Å²) in [5.74, 6) is -0.188. The van der Waals surface area contributed by atoms with Crippen LogP contribution in [0.15, 0.2) is 48.5 Å². The van der Waals surface area contributed by atoms with Crippen LogP contribution in [0.25, 0.3) is 0 Å². The monoisotopic (exact) mass is 257 g/mol. The molecule has 1 nitrogen and oxygen atoms in total. The van der Waals surface area contributed by atoms with Crippen molar-refractivity contribution in [2.75, 3.05) is 5.32 Å². The molecule has 1 unspecified atom stereocenters. The molecule has 1 atom stereocenters.